The van der Waals surface area contributed by atoms with E-state index in [4.69, 9.17) is 11.6 Å². The van der Waals surface area contributed by atoms with Crippen molar-refractivity contribution < 1.29 is 14.3 Å². The maximum Gasteiger partial charge on any atom is 0.307 e. The summed E-state index contributed by atoms with van der Waals surface area (Å²) in [5.74, 6) is -0.625. The third-order valence-corrected chi connectivity index (χ3v) is 2.90. The number of nitrogens with one attached hydrogen (secondary N) is 2. The smallest absolute Gasteiger partial charge is 0.307 e. The predicted octanol–water partition coefficient (Wildman–Crippen LogP) is 2.11. The van der Waals surface area contributed by atoms with E-state index in [1.165, 1.54) is 7.11 Å². The number of esters is 1. The van der Waals surface area contributed by atoms with Crippen LogP contribution in [0.25, 0.3) is 10.9 Å². The minimum Gasteiger partial charge on any atom is -0.469 e. The molecule has 2 aromatic rings. The Morgan fingerprint density at radius 1 is 1.37 bits per heavy atom. The van der Waals surface area contributed by atoms with E-state index < -0.39 is 0 Å². The predicted molar refractivity (Wildman–Crippen MR) is 72.3 cm³/mol. The number of rotatable bonds is 4. The SMILES string of the molecule is COC(=O)CCNC(=O)c1cc2cc(Cl)ccc2[nH]1. The van der Waals surface area contributed by atoms with Crippen LogP contribution in [0.2, 0.25) is 5.02 Å². The molecule has 0 atom stereocenters. The number of amides is 1. The second kappa shape index (κ2) is 5.75. The number of methoxy groups -OCH3 is 1. The van der Waals surface area contributed by atoms with Crippen LogP contribution in [-0.2, 0) is 9.53 Å². The average Bonchev–Trinajstić information content (AvgIpc) is 2.81. The first kappa shape index (κ1) is 13.4. The summed E-state index contributed by atoms with van der Waals surface area (Å²) in [6, 6.07) is 7.05. The number of aromatic nitrogens is 1. The topological polar surface area (TPSA) is 71.2 Å². The molecule has 0 aliphatic heterocycles. The Hall–Kier alpha value is -2.01. The molecule has 1 aromatic heterocycles. The number of carbonyl (C=O) groups is 2. The summed E-state index contributed by atoms with van der Waals surface area (Å²) in [6.45, 7) is 0.238. The van der Waals surface area contributed by atoms with Gasteiger partial charge in [-0.15, -0.1) is 0 Å². The van der Waals surface area contributed by atoms with Gasteiger partial charge in [-0.3, -0.25) is 9.59 Å². The highest BCUT2D eigenvalue weighted by Gasteiger charge is 2.10. The van der Waals surface area contributed by atoms with Crippen molar-refractivity contribution in [2.45, 2.75) is 6.42 Å². The normalized spacial score (nSPS) is 10.4. The zero-order chi connectivity index (χ0) is 13.8. The maximum absolute atomic E-state index is 11.8. The largest absolute Gasteiger partial charge is 0.469 e. The Morgan fingerprint density at radius 2 is 2.16 bits per heavy atom. The molecular formula is C13H13ClN2O3. The second-order valence-corrected chi connectivity index (χ2v) is 4.43. The lowest BCUT2D eigenvalue weighted by molar-refractivity contribution is -0.140. The Labute approximate surface area is 114 Å². The zero-order valence-corrected chi connectivity index (χ0v) is 11.1. The van der Waals surface area contributed by atoms with E-state index in [1.807, 2.05) is 6.07 Å². The lowest BCUT2D eigenvalue weighted by atomic mass is 10.2. The van der Waals surface area contributed by atoms with Gasteiger partial charge in [0.15, 0.2) is 0 Å². The van der Waals surface area contributed by atoms with Gasteiger partial charge in [-0.1, -0.05) is 11.6 Å². The van der Waals surface area contributed by atoms with Crippen LogP contribution in [0.1, 0.15) is 16.9 Å². The van der Waals surface area contributed by atoms with Gasteiger partial charge in [-0.2, -0.15) is 0 Å². The van der Waals surface area contributed by atoms with E-state index in [0.717, 1.165) is 10.9 Å². The summed E-state index contributed by atoms with van der Waals surface area (Å²) in [7, 11) is 1.31. The molecule has 5 nitrogen and oxygen atoms in total. The van der Waals surface area contributed by atoms with Crippen LogP contribution in [0, 0.1) is 0 Å². The molecule has 19 heavy (non-hydrogen) atoms. The van der Waals surface area contributed by atoms with Crippen molar-refractivity contribution in [2.75, 3.05) is 13.7 Å². The molecule has 0 aliphatic rings. The van der Waals surface area contributed by atoms with E-state index in [9.17, 15) is 9.59 Å². The Balaban J connectivity index is 2.03. The number of halogens is 1. The zero-order valence-electron chi connectivity index (χ0n) is 10.3. The summed E-state index contributed by atoms with van der Waals surface area (Å²) < 4.78 is 4.49. The van der Waals surface area contributed by atoms with Gasteiger partial charge in [0.2, 0.25) is 0 Å². The lowest BCUT2D eigenvalue weighted by Crippen LogP contribution is -2.26. The van der Waals surface area contributed by atoms with Gasteiger partial charge in [0.05, 0.1) is 13.5 Å². The van der Waals surface area contributed by atoms with Crippen molar-refractivity contribution in [1.29, 1.82) is 0 Å². The third-order valence-electron chi connectivity index (χ3n) is 2.67. The molecule has 6 heteroatoms. The molecule has 0 aliphatic carbocycles. The molecule has 0 unspecified atom stereocenters. The quantitative estimate of drug-likeness (QED) is 0.843. The highest BCUT2D eigenvalue weighted by Crippen LogP contribution is 2.19. The summed E-state index contributed by atoms with van der Waals surface area (Å²) in [6.07, 6.45) is 0.147. The first-order valence-electron chi connectivity index (χ1n) is 5.73. The van der Waals surface area contributed by atoms with E-state index >= 15 is 0 Å². The highest BCUT2D eigenvalue weighted by molar-refractivity contribution is 6.31. The number of H-pyrrole nitrogens is 1. The molecule has 1 heterocycles. The Bertz CT molecular complexity index is 621. The van der Waals surface area contributed by atoms with Crippen LogP contribution in [0.5, 0.6) is 0 Å². The van der Waals surface area contributed by atoms with Crippen LogP contribution in [0.15, 0.2) is 24.3 Å². The van der Waals surface area contributed by atoms with Crippen molar-refractivity contribution in [3.05, 3.63) is 35.0 Å². The molecule has 1 amide bonds. The number of hydrogen-bond acceptors (Lipinski definition) is 3. The standard InChI is InChI=1S/C13H13ClN2O3/c1-19-12(17)4-5-15-13(18)11-7-8-6-9(14)2-3-10(8)16-11/h2-3,6-7,16H,4-5H2,1H3,(H,15,18). The number of ether oxygens (including phenoxy) is 1. The van der Waals surface area contributed by atoms with Crippen molar-refractivity contribution in [3.8, 4) is 0 Å². The maximum atomic E-state index is 11.8. The number of fused-ring (bicyclic) bond motifs is 1. The van der Waals surface area contributed by atoms with Crippen LogP contribution < -0.4 is 5.32 Å². The fourth-order valence-corrected chi connectivity index (χ4v) is 1.88. The fourth-order valence-electron chi connectivity index (χ4n) is 1.70. The molecule has 0 spiro atoms. The second-order valence-electron chi connectivity index (χ2n) is 4.00. The summed E-state index contributed by atoms with van der Waals surface area (Å²) >= 11 is 5.88. The molecule has 0 saturated carbocycles. The molecule has 2 N–H and O–H groups in total. The van der Waals surface area contributed by atoms with Gasteiger partial charge in [0.1, 0.15) is 5.69 Å². The first-order chi connectivity index (χ1) is 9.10. The molecule has 2 rings (SSSR count). The fraction of sp³-hybridized carbons (Fsp3) is 0.231. The third kappa shape index (κ3) is 3.26. The van der Waals surface area contributed by atoms with Crippen LogP contribution in [0.3, 0.4) is 0 Å². The van der Waals surface area contributed by atoms with Crippen LogP contribution in [-0.4, -0.2) is 30.5 Å². The molecule has 1 aromatic carbocycles. The number of carbonyl (C=O) groups excluding carboxylic acids is 2. The number of aromatic amines is 1. The van der Waals surface area contributed by atoms with Crippen molar-refractivity contribution in [2.24, 2.45) is 0 Å². The molecule has 100 valence electrons. The van der Waals surface area contributed by atoms with Gasteiger partial charge in [0.25, 0.3) is 5.91 Å². The monoisotopic (exact) mass is 280 g/mol. The van der Waals surface area contributed by atoms with Gasteiger partial charge >= 0.3 is 5.97 Å². The lowest BCUT2D eigenvalue weighted by Gasteiger charge is -2.02. The minimum atomic E-state index is -0.358. The Morgan fingerprint density at radius 3 is 2.89 bits per heavy atom. The van der Waals surface area contributed by atoms with Gasteiger partial charge in [-0.05, 0) is 24.3 Å². The van der Waals surface area contributed by atoms with Crippen LogP contribution >= 0.6 is 11.6 Å². The molecule has 0 saturated heterocycles. The number of benzene rings is 1. The Kier molecular flexibility index (Phi) is 4.06. The minimum absolute atomic E-state index is 0.147. The highest BCUT2D eigenvalue weighted by atomic mass is 35.5. The van der Waals surface area contributed by atoms with Crippen LogP contribution in [0.4, 0.5) is 0 Å². The molecule has 0 bridgehead atoms. The first-order valence-corrected chi connectivity index (χ1v) is 6.11. The molecule has 0 radical (unpaired) electrons. The molecule has 0 fully saturated rings. The van der Waals surface area contributed by atoms with Crippen molar-refractivity contribution >= 4 is 34.4 Å². The van der Waals surface area contributed by atoms with Gasteiger partial charge in [-0.25, -0.2) is 0 Å². The van der Waals surface area contributed by atoms with Crippen molar-refractivity contribution in [3.63, 3.8) is 0 Å². The molecular weight excluding hydrogens is 268 g/mol. The van der Waals surface area contributed by atoms with Crippen molar-refractivity contribution in [1.82, 2.24) is 10.3 Å². The van der Waals surface area contributed by atoms with E-state index in [0.29, 0.717) is 10.7 Å². The average molecular weight is 281 g/mol. The van der Waals surface area contributed by atoms with E-state index in [2.05, 4.69) is 15.0 Å². The summed E-state index contributed by atoms with van der Waals surface area (Å²) in [5, 5.41) is 4.12. The van der Waals surface area contributed by atoms with Gasteiger partial charge in [0, 0.05) is 22.5 Å². The number of hydrogen-bond donors (Lipinski definition) is 2. The summed E-state index contributed by atoms with van der Waals surface area (Å²) in [5.41, 5.74) is 1.27. The van der Waals surface area contributed by atoms with Gasteiger partial charge < -0.3 is 15.0 Å². The summed E-state index contributed by atoms with van der Waals surface area (Å²) in [4.78, 5) is 25.7. The van der Waals surface area contributed by atoms with E-state index in [1.54, 1.807) is 18.2 Å². The van der Waals surface area contributed by atoms with E-state index in [-0.39, 0.29) is 24.8 Å².